The number of nitrogens with zero attached hydrogens (tertiary/aromatic N) is 5. The molecule has 0 saturated heterocycles. The van der Waals surface area contributed by atoms with Gasteiger partial charge in [0.2, 0.25) is 5.95 Å². The zero-order valence-electron chi connectivity index (χ0n) is 15.5. The van der Waals surface area contributed by atoms with Gasteiger partial charge in [-0.1, -0.05) is 6.07 Å². The number of aromatic nitrogens is 4. The van der Waals surface area contributed by atoms with E-state index in [1.54, 1.807) is 10.9 Å². The first-order valence-corrected chi connectivity index (χ1v) is 9.03. The van der Waals surface area contributed by atoms with Gasteiger partial charge >= 0.3 is 0 Å². The molecule has 2 heterocycles. The number of nitrogens with one attached hydrogen (secondary N) is 1. The van der Waals surface area contributed by atoms with Gasteiger partial charge in [-0.3, -0.25) is 4.79 Å². The van der Waals surface area contributed by atoms with E-state index in [9.17, 15) is 4.79 Å². The molecule has 0 fully saturated rings. The van der Waals surface area contributed by atoms with Crippen LogP contribution in [0.3, 0.4) is 0 Å². The number of rotatable bonds is 4. The quantitative estimate of drug-likeness (QED) is 0.768. The Kier molecular flexibility index (Phi) is 4.58. The van der Waals surface area contributed by atoms with E-state index in [1.165, 1.54) is 0 Å². The topological polar surface area (TPSA) is 75.9 Å². The minimum atomic E-state index is -0.0664. The highest BCUT2D eigenvalue weighted by Crippen LogP contribution is 2.21. The maximum absolute atomic E-state index is 12.7. The second kappa shape index (κ2) is 7.19. The molecular weight excluding hydrogens is 340 g/mol. The standard InChI is InChI=1S/C20H22N6O/c1-25(2)20-21-13-15-11-16(7-8-18(15)24-20)23-19(27)14-5-3-6-17(12-14)26-10-4-9-22-26/h3-6,9-10,12-13,16H,7-8,11H2,1-2H3,(H,23,27). The van der Waals surface area contributed by atoms with Gasteiger partial charge < -0.3 is 10.2 Å². The summed E-state index contributed by atoms with van der Waals surface area (Å²) in [5, 5.41) is 7.37. The molecule has 1 amide bonds. The first-order valence-electron chi connectivity index (χ1n) is 9.03. The predicted octanol–water partition coefficient (Wildman–Crippen LogP) is 2.02. The van der Waals surface area contributed by atoms with Crippen molar-refractivity contribution in [3.05, 3.63) is 65.7 Å². The Labute approximate surface area is 158 Å². The van der Waals surface area contributed by atoms with Crippen molar-refractivity contribution in [2.75, 3.05) is 19.0 Å². The average Bonchev–Trinajstić information content (AvgIpc) is 3.22. The van der Waals surface area contributed by atoms with Crippen LogP contribution in [0.15, 0.2) is 48.9 Å². The van der Waals surface area contributed by atoms with E-state index in [-0.39, 0.29) is 11.9 Å². The van der Waals surface area contributed by atoms with Crippen molar-refractivity contribution in [1.82, 2.24) is 25.1 Å². The molecule has 138 valence electrons. The average molecular weight is 362 g/mol. The van der Waals surface area contributed by atoms with Crippen molar-refractivity contribution in [3.63, 3.8) is 0 Å². The summed E-state index contributed by atoms with van der Waals surface area (Å²) in [6.45, 7) is 0. The summed E-state index contributed by atoms with van der Waals surface area (Å²) in [5.41, 5.74) is 3.70. The zero-order chi connectivity index (χ0) is 18.8. The molecule has 1 aliphatic carbocycles. The van der Waals surface area contributed by atoms with E-state index in [0.29, 0.717) is 5.56 Å². The second-order valence-electron chi connectivity index (χ2n) is 6.95. The van der Waals surface area contributed by atoms with Crippen LogP contribution in [0.2, 0.25) is 0 Å². The lowest BCUT2D eigenvalue weighted by Crippen LogP contribution is -2.39. The van der Waals surface area contributed by atoms with Gasteiger partial charge in [0, 0.05) is 50.0 Å². The molecule has 3 aromatic rings. The highest BCUT2D eigenvalue weighted by atomic mass is 16.1. The fraction of sp³-hybridized carbons (Fsp3) is 0.300. The van der Waals surface area contributed by atoms with E-state index in [1.807, 2.05) is 61.7 Å². The zero-order valence-corrected chi connectivity index (χ0v) is 15.5. The number of amides is 1. The van der Waals surface area contributed by atoms with E-state index < -0.39 is 0 Å². The van der Waals surface area contributed by atoms with Crippen LogP contribution < -0.4 is 10.2 Å². The molecule has 0 radical (unpaired) electrons. The fourth-order valence-corrected chi connectivity index (χ4v) is 3.32. The van der Waals surface area contributed by atoms with Gasteiger partial charge in [0.1, 0.15) is 0 Å². The molecule has 7 heteroatoms. The van der Waals surface area contributed by atoms with Gasteiger partial charge in [-0.25, -0.2) is 14.6 Å². The number of hydrogen-bond acceptors (Lipinski definition) is 5. The van der Waals surface area contributed by atoms with E-state index >= 15 is 0 Å². The lowest BCUT2D eigenvalue weighted by Gasteiger charge is -2.25. The predicted molar refractivity (Wildman–Crippen MR) is 103 cm³/mol. The third-order valence-corrected chi connectivity index (χ3v) is 4.75. The Bertz CT molecular complexity index is 951. The van der Waals surface area contributed by atoms with Crippen LogP contribution in [0.4, 0.5) is 5.95 Å². The molecule has 27 heavy (non-hydrogen) atoms. The molecule has 2 aromatic heterocycles. The number of carbonyl (C=O) groups excluding carboxylic acids is 1. The van der Waals surface area contributed by atoms with Crippen molar-refractivity contribution in [2.24, 2.45) is 0 Å². The normalized spacial score (nSPS) is 15.9. The summed E-state index contributed by atoms with van der Waals surface area (Å²) in [7, 11) is 3.87. The molecule has 0 bridgehead atoms. The number of carbonyl (C=O) groups is 1. The van der Waals surface area contributed by atoms with Crippen molar-refractivity contribution >= 4 is 11.9 Å². The number of hydrogen-bond donors (Lipinski definition) is 1. The van der Waals surface area contributed by atoms with Crippen molar-refractivity contribution in [1.29, 1.82) is 0 Å². The third-order valence-electron chi connectivity index (χ3n) is 4.75. The number of anilines is 1. The summed E-state index contributed by atoms with van der Waals surface area (Å²) in [5.74, 6) is 0.662. The maximum Gasteiger partial charge on any atom is 0.251 e. The lowest BCUT2D eigenvalue weighted by atomic mass is 9.92. The smallest absolute Gasteiger partial charge is 0.251 e. The van der Waals surface area contributed by atoms with Crippen LogP contribution in [0.1, 0.15) is 28.0 Å². The summed E-state index contributed by atoms with van der Waals surface area (Å²) < 4.78 is 1.74. The molecule has 1 N–H and O–H groups in total. The van der Waals surface area contributed by atoms with Crippen LogP contribution in [0.5, 0.6) is 0 Å². The summed E-state index contributed by atoms with van der Waals surface area (Å²) in [6.07, 6.45) is 7.94. The minimum Gasteiger partial charge on any atom is -0.349 e. The van der Waals surface area contributed by atoms with Gasteiger partial charge in [-0.2, -0.15) is 5.10 Å². The molecule has 1 aliphatic rings. The summed E-state index contributed by atoms with van der Waals surface area (Å²) in [4.78, 5) is 23.6. The van der Waals surface area contributed by atoms with Crippen LogP contribution in [0, 0.1) is 0 Å². The highest BCUT2D eigenvalue weighted by molar-refractivity contribution is 5.95. The van der Waals surface area contributed by atoms with Crippen molar-refractivity contribution in [3.8, 4) is 5.69 Å². The van der Waals surface area contributed by atoms with Crippen LogP contribution >= 0.6 is 0 Å². The highest BCUT2D eigenvalue weighted by Gasteiger charge is 2.23. The Hall–Kier alpha value is -3.22. The van der Waals surface area contributed by atoms with Crippen LogP contribution in [-0.4, -0.2) is 45.8 Å². The molecule has 0 saturated carbocycles. The first kappa shape index (κ1) is 17.2. The van der Waals surface area contributed by atoms with E-state index in [4.69, 9.17) is 0 Å². The molecule has 0 aliphatic heterocycles. The van der Waals surface area contributed by atoms with Gasteiger partial charge in [-0.05, 0) is 49.1 Å². The van der Waals surface area contributed by atoms with E-state index in [0.717, 1.165) is 42.2 Å². The molecule has 1 aromatic carbocycles. The Morgan fingerprint density at radius 3 is 2.96 bits per heavy atom. The van der Waals surface area contributed by atoms with Crippen molar-refractivity contribution in [2.45, 2.75) is 25.3 Å². The maximum atomic E-state index is 12.7. The Balaban J connectivity index is 1.46. The van der Waals surface area contributed by atoms with Crippen LogP contribution in [-0.2, 0) is 12.8 Å². The summed E-state index contributed by atoms with van der Waals surface area (Å²) >= 11 is 0. The van der Waals surface area contributed by atoms with Gasteiger partial charge in [0.05, 0.1) is 5.69 Å². The Morgan fingerprint density at radius 2 is 2.19 bits per heavy atom. The molecule has 7 nitrogen and oxygen atoms in total. The van der Waals surface area contributed by atoms with Gasteiger partial charge in [-0.15, -0.1) is 0 Å². The fourth-order valence-electron chi connectivity index (χ4n) is 3.32. The monoisotopic (exact) mass is 362 g/mol. The molecule has 1 atom stereocenters. The van der Waals surface area contributed by atoms with E-state index in [2.05, 4.69) is 20.4 Å². The largest absolute Gasteiger partial charge is 0.349 e. The third kappa shape index (κ3) is 3.67. The van der Waals surface area contributed by atoms with Gasteiger partial charge in [0.25, 0.3) is 5.91 Å². The number of aryl methyl sites for hydroxylation is 1. The summed E-state index contributed by atoms with van der Waals surface area (Å²) in [6, 6.07) is 9.43. The second-order valence-corrected chi connectivity index (χ2v) is 6.95. The molecule has 0 spiro atoms. The molecule has 4 rings (SSSR count). The SMILES string of the molecule is CN(C)c1ncc2c(n1)CCC(NC(=O)c1cccc(-n3cccn3)c1)C2. The lowest BCUT2D eigenvalue weighted by molar-refractivity contribution is 0.0933. The van der Waals surface area contributed by atoms with Crippen molar-refractivity contribution < 1.29 is 4.79 Å². The van der Waals surface area contributed by atoms with Gasteiger partial charge in [0.15, 0.2) is 0 Å². The Morgan fingerprint density at radius 1 is 1.30 bits per heavy atom. The minimum absolute atomic E-state index is 0.0664. The van der Waals surface area contributed by atoms with Crippen LogP contribution in [0.25, 0.3) is 5.69 Å². The molecular formula is C20H22N6O. The molecule has 1 unspecified atom stereocenters. The number of fused-ring (bicyclic) bond motifs is 1. The first-order chi connectivity index (χ1) is 13.1. The number of benzene rings is 1.